The van der Waals surface area contributed by atoms with Crippen LogP contribution >= 0.6 is 0 Å². The second kappa shape index (κ2) is 6.53. The molecule has 106 valence electrons. The maximum absolute atomic E-state index is 13.7. The molecule has 0 radical (unpaired) electrons. The Morgan fingerprint density at radius 3 is 2.20 bits per heavy atom. The average molecular weight is 273 g/mol. The molecule has 0 aliphatic carbocycles. The predicted molar refractivity (Wildman–Crippen MR) is 79.4 cm³/mol. The first-order valence-electron chi connectivity index (χ1n) is 6.76. The summed E-state index contributed by atoms with van der Waals surface area (Å²) in [4.78, 5) is 0. The molecule has 2 aromatic carbocycles. The van der Waals surface area contributed by atoms with Gasteiger partial charge in [0.15, 0.2) is 11.6 Å². The fourth-order valence-electron chi connectivity index (χ4n) is 2.26. The van der Waals surface area contributed by atoms with E-state index in [9.17, 15) is 4.39 Å². The van der Waals surface area contributed by atoms with E-state index in [1.54, 1.807) is 6.07 Å². The lowest BCUT2D eigenvalue weighted by atomic mass is 10.0. The average Bonchev–Trinajstić information content (AvgIpc) is 2.48. The van der Waals surface area contributed by atoms with Gasteiger partial charge < -0.3 is 10.1 Å². The van der Waals surface area contributed by atoms with Gasteiger partial charge in [-0.25, -0.2) is 4.39 Å². The van der Waals surface area contributed by atoms with E-state index >= 15 is 0 Å². The maximum Gasteiger partial charge on any atom is 0.165 e. The minimum Gasteiger partial charge on any atom is -0.494 e. The van der Waals surface area contributed by atoms with Crippen LogP contribution in [-0.2, 0) is 0 Å². The minimum absolute atomic E-state index is 0.0608. The lowest BCUT2D eigenvalue weighted by Gasteiger charge is -2.21. The van der Waals surface area contributed by atoms with E-state index in [0.717, 1.165) is 5.56 Å². The van der Waals surface area contributed by atoms with E-state index in [1.165, 1.54) is 18.7 Å². The lowest BCUT2D eigenvalue weighted by molar-refractivity contribution is 0.385. The molecule has 0 bridgehead atoms. The first-order chi connectivity index (χ1) is 9.61. The van der Waals surface area contributed by atoms with Crippen molar-refractivity contribution in [1.82, 2.24) is 5.32 Å². The van der Waals surface area contributed by atoms with Crippen LogP contribution in [0.5, 0.6) is 5.75 Å². The van der Waals surface area contributed by atoms with Crippen molar-refractivity contribution < 1.29 is 9.13 Å². The standard InChI is InChI=1S/C17H20FNO/c1-12(14-7-5-4-6-8-14)19-13(2)15-9-10-17(20-3)16(18)11-15/h4-13,19H,1-3H3/t12-,13?/m1/s1. The Bertz CT molecular complexity index is 556. The maximum atomic E-state index is 13.7. The zero-order chi connectivity index (χ0) is 14.5. The van der Waals surface area contributed by atoms with Crippen molar-refractivity contribution in [3.8, 4) is 5.75 Å². The van der Waals surface area contributed by atoms with Gasteiger partial charge >= 0.3 is 0 Å². The zero-order valence-electron chi connectivity index (χ0n) is 12.1. The Morgan fingerprint density at radius 1 is 0.950 bits per heavy atom. The largest absolute Gasteiger partial charge is 0.494 e. The molecule has 0 aromatic heterocycles. The third kappa shape index (κ3) is 3.36. The first-order valence-corrected chi connectivity index (χ1v) is 6.76. The number of hydrogen-bond acceptors (Lipinski definition) is 2. The summed E-state index contributed by atoms with van der Waals surface area (Å²) in [5.74, 6) is -0.0527. The van der Waals surface area contributed by atoms with Gasteiger partial charge in [-0.2, -0.15) is 0 Å². The topological polar surface area (TPSA) is 21.3 Å². The summed E-state index contributed by atoms with van der Waals surface area (Å²) in [5, 5.41) is 3.47. The molecule has 2 rings (SSSR count). The Morgan fingerprint density at radius 2 is 1.60 bits per heavy atom. The predicted octanol–water partition coefficient (Wildman–Crippen LogP) is 4.25. The zero-order valence-corrected chi connectivity index (χ0v) is 12.1. The van der Waals surface area contributed by atoms with Gasteiger partial charge in [0.1, 0.15) is 0 Å². The number of hydrogen-bond donors (Lipinski definition) is 1. The smallest absolute Gasteiger partial charge is 0.165 e. The van der Waals surface area contributed by atoms with E-state index in [1.807, 2.05) is 31.2 Å². The molecule has 3 heteroatoms. The quantitative estimate of drug-likeness (QED) is 0.879. The number of methoxy groups -OCH3 is 1. The van der Waals surface area contributed by atoms with Crippen LogP contribution in [0.1, 0.15) is 37.1 Å². The molecule has 0 aliphatic rings. The van der Waals surface area contributed by atoms with E-state index in [-0.39, 0.29) is 23.7 Å². The highest BCUT2D eigenvalue weighted by Gasteiger charge is 2.13. The molecule has 1 N–H and O–H groups in total. The van der Waals surface area contributed by atoms with Crippen molar-refractivity contribution in [3.63, 3.8) is 0 Å². The fraction of sp³-hybridized carbons (Fsp3) is 0.294. The molecule has 0 amide bonds. The summed E-state index contributed by atoms with van der Waals surface area (Å²) in [7, 11) is 1.47. The minimum atomic E-state index is -0.328. The van der Waals surface area contributed by atoms with Crippen molar-refractivity contribution in [1.29, 1.82) is 0 Å². The van der Waals surface area contributed by atoms with Gasteiger partial charge in [-0.3, -0.25) is 0 Å². The molecule has 20 heavy (non-hydrogen) atoms. The third-order valence-corrected chi connectivity index (χ3v) is 3.48. The summed E-state index contributed by atoms with van der Waals surface area (Å²) in [6, 6.07) is 15.5. The monoisotopic (exact) mass is 273 g/mol. The van der Waals surface area contributed by atoms with Crippen LogP contribution in [-0.4, -0.2) is 7.11 Å². The third-order valence-electron chi connectivity index (χ3n) is 3.48. The molecule has 0 spiro atoms. The number of halogens is 1. The molecular weight excluding hydrogens is 253 g/mol. The van der Waals surface area contributed by atoms with E-state index in [4.69, 9.17) is 4.74 Å². The number of ether oxygens (including phenoxy) is 1. The van der Waals surface area contributed by atoms with Crippen molar-refractivity contribution in [2.75, 3.05) is 7.11 Å². The lowest BCUT2D eigenvalue weighted by Crippen LogP contribution is -2.22. The molecule has 0 saturated heterocycles. The molecule has 2 nitrogen and oxygen atoms in total. The Hall–Kier alpha value is -1.87. The van der Waals surface area contributed by atoms with Gasteiger partial charge in [-0.15, -0.1) is 0 Å². The number of benzene rings is 2. The summed E-state index contributed by atoms with van der Waals surface area (Å²) in [6.07, 6.45) is 0. The van der Waals surface area contributed by atoms with Crippen LogP contribution < -0.4 is 10.1 Å². The Balaban J connectivity index is 2.08. The highest BCUT2D eigenvalue weighted by Crippen LogP contribution is 2.24. The molecule has 0 saturated carbocycles. The van der Waals surface area contributed by atoms with E-state index in [2.05, 4.69) is 24.4 Å². The second-order valence-electron chi connectivity index (χ2n) is 4.91. The second-order valence-corrected chi connectivity index (χ2v) is 4.91. The fourth-order valence-corrected chi connectivity index (χ4v) is 2.26. The van der Waals surface area contributed by atoms with Crippen molar-refractivity contribution >= 4 is 0 Å². The van der Waals surface area contributed by atoms with Gasteiger partial charge in [-0.1, -0.05) is 36.4 Å². The number of nitrogens with one attached hydrogen (secondary N) is 1. The van der Waals surface area contributed by atoms with Gasteiger partial charge in [-0.05, 0) is 37.1 Å². The van der Waals surface area contributed by atoms with Crippen molar-refractivity contribution in [2.24, 2.45) is 0 Å². The van der Waals surface area contributed by atoms with E-state index < -0.39 is 0 Å². The van der Waals surface area contributed by atoms with Crippen LogP contribution in [0.15, 0.2) is 48.5 Å². The molecular formula is C17H20FNO. The SMILES string of the molecule is COc1ccc(C(C)N[C@H](C)c2ccccc2)cc1F. The van der Waals surface area contributed by atoms with Crippen LogP contribution in [0, 0.1) is 5.82 Å². The molecule has 0 fully saturated rings. The molecule has 1 unspecified atom stereocenters. The van der Waals surface area contributed by atoms with Gasteiger partial charge in [0.25, 0.3) is 0 Å². The molecule has 0 heterocycles. The van der Waals surface area contributed by atoms with Gasteiger partial charge in [0.05, 0.1) is 7.11 Å². The summed E-state index contributed by atoms with van der Waals surface area (Å²) in [6.45, 7) is 4.13. The molecule has 0 aliphatic heterocycles. The Kier molecular flexibility index (Phi) is 4.74. The molecule has 2 atom stereocenters. The highest BCUT2D eigenvalue weighted by molar-refractivity contribution is 5.31. The van der Waals surface area contributed by atoms with Crippen LogP contribution in [0.2, 0.25) is 0 Å². The number of rotatable bonds is 5. The van der Waals surface area contributed by atoms with Crippen LogP contribution in [0.4, 0.5) is 4.39 Å². The van der Waals surface area contributed by atoms with E-state index in [0.29, 0.717) is 0 Å². The normalized spacial score (nSPS) is 13.8. The van der Waals surface area contributed by atoms with Gasteiger partial charge in [0, 0.05) is 12.1 Å². The molecule has 2 aromatic rings. The van der Waals surface area contributed by atoms with Crippen molar-refractivity contribution in [2.45, 2.75) is 25.9 Å². The summed E-state index contributed by atoms with van der Waals surface area (Å²) >= 11 is 0. The highest BCUT2D eigenvalue weighted by atomic mass is 19.1. The first kappa shape index (κ1) is 14.5. The van der Waals surface area contributed by atoms with Crippen LogP contribution in [0.25, 0.3) is 0 Å². The van der Waals surface area contributed by atoms with Crippen LogP contribution in [0.3, 0.4) is 0 Å². The summed E-state index contributed by atoms with van der Waals surface area (Å²) < 4.78 is 18.7. The Labute approximate surface area is 119 Å². The van der Waals surface area contributed by atoms with Crippen molar-refractivity contribution in [3.05, 3.63) is 65.5 Å². The summed E-state index contributed by atoms with van der Waals surface area (Å²) in [5.41, 5.74) is 2.12. The van der Waals surface area contributed by atoms with Gasteiger partial charge in [0.2, 0.25) is 0 Å².